The smallest absolute Gasteiger partial charge is 0.494 e. The number of aliphatic hydroxyl groups excluding tert-OH is 1. The van der Waals surface area contributed by atoms with Gasteiger partial charge in [-0.1, -0.05) is 11.1 Å². The van der Waals surface area contributed by atoms with Crippen molar-refractivity contribution < 1.29 is 37.5 Å². The number of allylic oxidation sites excluding steroid dienone is 3. The molecule has 19 heteroatoms. The molecule has 1 fully saturated rings. The van der Waals surface area contributed by atoms with Crippen molar-refractivity contribution >= 4 is 89.5 Å². The Morgan fingerprint density at radius 2 is 1.19 bits per heavy atom. The van der Waals surface area contributed by atoms with Gasteiger partial charge in [0.25, 0.3) is 5.89 Å². The van der Waals surface area contributed by atoms with Gasteiger partial charge in [-0.05, 0) is 150 Å². The molecule has 0 aliphatic carbocycles. The molecule has 73 heavy (non-hydrogen) atoms. The highest BCUT2D eigenvalue weighted by Crippen LogP contribution is 2.37. The number of hydrogen-bond donors (Lipinski definition) is 2. The molecule has 10 aromatic rings. The van der Waals surface area contributed by atoms with Gasteiger partial charge in [0.15, 0.2) is 34.7 Å². The number of pyridine rings is 4. The number of phenolic OH excluding ortho intramolecular Hbond substituents is 1. The maximum absolute atomic E-state index is 9.31. The molecule has 3 aromatic carbocycles. The molecule has 9 heterocycles. The van der Waals surface area contributed by atoms with E-state index in [1.807, 2.05) is 113 Å². The summed E-state index contributed by atoms with van der Waals surface area (Å²) in [6.45, 7) is 8.58. The van der Waals surface area contributed by atoms with E-state index in [4.69, 9.17) is 32.4 Å². The minimum Gasteiger partial charge on any atom is -0.508 e. The third-order valence-corrected chi connectivity index (χ3v) is 12.4. The van der Waals surface area contributed by atoms with Crippen LogP contribution < -0.4 is 10.2 Å². The van der Waals surface area contributed by atoms with Gasteiger partial charge >= 0.3 is 7.12 Å². The molecule has 0 radical (unpaired) electrons. The molecule has 0 bridgehead atoms. The molecule has 2 aliphatic heterocycles. The number of halogens is 2. The zero-order valence-electron chi connectivity index (χ0n) is 39.7. The average Bonchev–Trinajstić information content (AvgIpc) is 4.20. The number of fused-ring (bicyclic) bond motifs is 3. The lowest BCUT2D eigenvalue weighted by Gasteiger charge is -2.32. The fourth-order valence-electron chi connectivity index (χ4n) is 6.93. The van der Waals surface area contributed by atoms with E-state index in [-0.39, 0.29) is 23.6 Å². The molecule has 0 spiro atoms. The largest absolute Gasteiger partial charge is 0.508 e. The maximum Gasteiger partial charge on any atom is 0.494 e. The van der Waals surface area contributed by atoms with E-state index < -0.39 is 7.12 Å². The summed E-state index contributed by atoms with van der Waals surface area (Å²) in [6, 6.07) is 31.2. The molecule has 0 unspecified atom stereocenters. The first-order chi connectivity index (χ1) is 35.3. The number of rotatable bonds is 8. The number of oxazole rings is 3. The molecule has 2 N–H and O–H groups in total. The summed E-state index contributed by atoms with van der Waals surface area (Å²) in [4.78, 5) is 33.6. The lowest BCUT2D eigenvalue weighted by molar-refractivity contribution is 0.00578. The molecule has 2 aliphatic rings. The van der Waals surface area contributed by atoms with Crippen molar-refractivity contribution in [3.8, 4) is 34.4 Å². The minimum atomic E-state index is -0.405. The van der Waals surface area contributed by atoms with Gasteiger partial charge in [-0.2, -0.15) is 0 Å². The molecule has 0 saturated carbocycles. The van der Waals surface area contributed by atoms with E-state index in [0.29, 0.717) is 46.7 Å². The van der Waals surface area contributed by atoms with Gasteiger partial charge in [0.2, 0.25) is 11.8 Å². The Kier molecular flexibility index (Phi) is 15.4. The molecule has 0 atom stereocenters. The van der Waals surface area contributed by atoms with Crippen LogP contribution in [0.25, 0.3) is 61.8 Å². The molecule has 16 nitrogen and oxygen atoms in total. The van der Waals surface area contributed by atoms with Crippen LogP contribution in [0.1, 0.15) is 45.0 Å². The summed E-state index contributed by atoms with van der Waals surface area (Å²) in [7, 11) is -0.405. The maximum atomic E-state index is 9.31. The van der Waals surface area contributed by atoms with Gasteiger partial charge in [-0.25, -0.2) is 15.0 Å². The summed E-state index contributed by atoms with van der Waals surface area (Å²) >= 11 is 6.59. The predicted octanol–water partition coefficient (Wildman–Crippen LogP) is 11.5. The Morgan fingerprint density at radius 3 is 1.75 bits per heavy atom. The van der Waals surface area contributed by atoms with Gasteiger partial charge in [0.05, 0.1) is 46.4 Å². The van der Waals surface area contributed by atoms with Crippen molar-refractivity contribution in [1.82, 2.24) is 34.9 Å². The van der Waals surface area contributed by atoms with E-state index in [1.165, 1.54) is 0 Å². The summed E-state index contributed by atoms with van der Waals surface area (Å²) in [6.07, 6.45) is 18.1. The van der Waals surface area contributed by atoms with Crippen LogP contribution in [-0.2, 0) is 22.5 Å². The van der Waals surface area contributed by atoms with Gasteiger partial charge in [-0.3, -0.25) is 19.9 Å². The molecule has 364 valence electrons. The van der Waals surface area contributed by atoms with Crippen molar-refractivity contribution in [1.29, 1.82) is 0 Å². The van der Waals surface area contributed by atoms with E-state index in [0.717, 1.165) is 59.2 Å². The standard InChI is InChI=1S/C18H19BN2O3.C18H12BrN3O2.C12H6N2O2.C6H6BrNO/c1-17(2)18(3,4)24-19(23-17)13-7-8-15-14(10-13)21-16(22-15)12-6-5-9-20-11-12;19-13-3-4-14(21-10-13)11-23-15-5-6-17-16(8-15)22-18(24-17)12-2-1-7-20-9-12;15-9-3-4-11-10(6-9)14-12(16-11)8-2-1-5-13-7-8;7-5-1-2-6(4-9)8-3-5/h5-11H,1-4H3;1-10H,11H2;1-4,6-7H;1-3,9H,4H2/p+1. The average molecular weight is 1100 g/mol. The third kappa shape index (κ3) is 12.5. The van der Waals surface area contributed by atoms with Crippen molar-refractivity contribution in [2.75, 3.05) is 0 Å². The Labute approximate surface area is 436 Å². The molecule has 7 aromatic heterocycles. The Bertz CT molecular complexity index is 3550. The van der Waals surface area contributed by atoms with Gasteiger partial charge in [0.1, 0.15) is 40.7 Å². The molecular formula is C54H44BBr2N8O8+. The predicted molar refractivity (Wildman–Crippen MR) is 285 cm³/mol. The first kappa shape index (κ1) is 50.2. The number of ether oxygens (including phenoxy) is 1. The van der Waals surface area contributed by atoms with Gasteiger partial charge in [-0.15, -0.1) is 0 Å². The second kappa shape index (κ2) is 22.3. The van der Waals surface area contributed by atoms with Gasteiger partial charge < -0.3 is 37.5 Å². The van der Waals surface area contributed by atoms with Crippen LogP contribution >= 0.6 is 31.9 Å². The molecule has 0 amide bonds. The number of phenols is 1. The van der Waals surface area contributed by atoms with Crippen molar-refractivity contribution in [2.45, 2.75) is 52.1 Å². The summed E-state index contributed by atoms with van der Waals surface area (Å²) in [5.74, 6) is 2.49. The Hall–Kier alpha value is -7.77. The van der Waals surface area contributed by atoms with Crippen LogP contribution in [0.5, 0.6) is 11.5 Å². The SMILES string of the molecule is Brc1ccc(COc2ccc3oc(-c4cccnc4)nc3c2)nc1.CC1(C)OB(c2ccc3oc(-c4cccnc4)nc3c2)OC1(C)C.OCc1ccc(Br)cn1.Oc1ccc2oc(C3=CN=[C+]C=C3)nc2c1. The number of aliphatic hydroxyl groups is 1. The lowest BCUT2D eigenvalue weighted by atomic mass is 9.79. The second-order valence-corrected chi connectivity index (χ2v) is 19.0. The minimum absolute atomic E-state index is 0.00722. The van der Waals surface area contributed by atoms with Crippen LogP contribution in [0.2, 0.25) is 0 Å². The zero-order valence-corrected chi connectivity index (χ0v) is 42.9. The lowest BCUT2D eigenvalue weighted by Crippen LogP contribution is -2.41. The molecule has 1 saturated heterocycles. The van der Waals surface area contributed by atoms with Crippen LogP contribution in [0.4, 0.5) is 0 Å². The number of benzene rings is 3. The highest BCUT2D eigenvalue weighted by atomic mass is 79.9. The van der Waals surface area contributed by atoms with Crippen LogP contribution in [-0.4, -0.2) is 69.6 Å². The van der Waals surface area contributed by atoms with Crippen LogP contribution in [0, 0.1) is 0 Å². The first-order valence-corrected chi connectivity index (χ1v) is 24.2. The third-order valence-electron chi connectivity index (χ3n) is 11.5. The summed E-state index contributed by atoms with van der Waals surface area (Å²) in [5.41, 5.74) is 8.47. The Balaban J connectivity index is 0.000000126. The van der Waals surface area contributed by atoms with E-state index >= 15 is 0 Å². The van der Waals surface area contributed by atoms with E-state index in [9.17, 15) is 5.11 Å². The quantitative estimate of drug-likeness (QED) is 0.107. The number of aromatic nitrogens is 7. The topological polar surface area (TPSA) is 210 Å². The van der Waals surface area contributed by atoms with Gasteiger partial charge in [0, 0.05) is 58.3 Å². The van der Waals surface area contributed by atoms with Crippen LogP contribution in [0.3, 0.4) is 0 Å². The second-order valence-electron chi connectivity index (χ2n) is 17.2. The molecular weight excluding hydrogens is 1060 g/mol. The highest BCUT2D eigenvalue weighted by Gasteiger charge is 2.51. The number of hydrogen-bond acceptors (Lipinski definition) is 16. The summed E-state index contributed by atoms with van der Waals surface area (Å²) in [5, 5.41) is 17.9. The van der Waals surface area contributed by atoms with Crippen molar-refractivity contribution in [2.24, 2.45) is 4.99 Å². The normalized spacial score (nSPS) is 14.1. The highest BCUT2D eigenvalue weighted by molar-refractivity contribution is 9.10. The van der Waals surface area contributed by atoms with E-state index in [1.54, 1.807) is 73.7 Å². The Morgan fingerprint density at radius 1 is 0.630 bits per heavy atom. The number of nitrogens with zero attached hydrogens (tertiary/aromatic N) is 8. The summed E-state index contributed by atoms with van der Waals surface area (Å²) < 4.78 is 37.0. The zero-order chi connectivity index (χ0) is 51.0. The fourth-order valence-corrected chi connectivity index (χ4v) is 7.40. The fraction of sp³-hybridized carbons (Fsp3) is 0.148. The monoisotopic (exact) mass is 1100 g/mol. The number of aromatic hydroxyl groups is 1. The van der Waals surface area contributed by atoms with Crippen molar-refractivity contribution in [3.63, 3.8) is 0 Å². The first-order valence-electron chi connectivity index (χ1n) is 22.6. The van der Waals surface area contributed by atoms with Crippen molar-refractivity contribution in [3.05, 3.63) is 185 Å². The van der Waals surface area contributed by atoms with E-state index in [2.05, 4.69) is 78.0 Å². The molecule has 12 rings (SSSR count). The number of aliphatic imine (C=N–C) groups is 1. The van der Waals surface area contributed by atoms with Crippen LogP contribution in [0.15, 0.2) is 186 Å².